The molecule has 9 heteroatoms. The van der Waals surface area contributed by atoms with Gasteiger partial charge in [0.1, 0.15) is 18.1 Å². The molecule has 1 atom stereocenters. The molecule has 1 aromatic rings. The molecule has 0 aromatic heterocycles. The lowest BCUT2D eigenvalue weighted by molar-refractivity contribution is -0.145. The highest BCUT2D eigenvalue weighted by atomic mass is 16.6. The van der Waals surface area contributed by atoms with Gasteiger partial charge < -0.3 is 18.9 Å². The molecule has 2 heterocycles. The molecule has 174 valence electrons. The molecule has 2 aliphatic heterocycles. The summed E-state index contributed by atoms with van der Waals surface area (Å²) in [6, 6.07) is 5.78. The summed E-state index contributed by atoms with van der Waals surface area (Å²) in [5.41, 5.74) is 1.12. The number of benzene rings is 1. The van der Waals surface area contributed by atoms with Crippen LogP contribution in [0.15, 0.2) is 30.0 Å². The van der Waals surface area contributed by atoms with Gasteiger partial charge in [-0.15, -0.1) is 0 Å². The fourth-order valence-corrected chi connectivity index (χ4v) is 3.51. The van der Waals surface area contributed by atoms with E-state index in [0.29, 0.717) is 29.3 Å². The molecule has 1 aromatic carbocycles. The number of carbonyl (C=O) groups is 3. The van der Waals surface area contributed by atoms with Gasteiger partial charge in [-0.25, -0.2) is 19.4 Å². The second-order valence-corrected chi connectivity index (χ2v) is 8.13. The van der Waals surface area contributed by atoms with E-state index < -0.39 is 36.4 Å². The maximum atomic E-state index is 13.1. The van der Waals surface area contributed by atoms with Gasteiger partial charge in [-0.1, -0.05) is 31.5 Å². The molecule has 0 saturated heterocycles. The van der Waals surface area contributed by atoms with Crippen LogP contribution in [-0.2, 0) is 19.0 Å². The maximum Gasteiger partial charge on any atom is 0.430 e. The van der Waals surface area contributed by atoms with Crippen LogP contribution in [0.2, 0.25) is 0 Å². The molecule has 0 fully saturated rings. The number of hydrogen-bond acceptors (Lipinski definition) is 7. The van der Waals surface area contributed by atoms with Gasteiger partial charge in [0.25, 0.3) is 0 Å². The van der Waals surface area contributed by atoms with Crippen molar-refractivity contribution in [2.24, 2.45) is 0 Å². The molecule has 9 nitrogen and oxygen atoms in total. The molecule has 3 rings (SSSR count). The third kappa shape index (κ3) is 4.81. The Balaban J connectivity index is 2.14. The van der Waals surface area contributed by atoms with Gasteiger partial charge in [0.15, 0.2) is 6.04 Å². The minimum Gasteiger partial charge on any atom is -0.496 e. The molecule has 0 aliphatic carbocycles. The number of para-hydroxylation sites is 1. The summed E-state index contributed by atoms with van der Waals surface area (Å²) in [4.78, 5) is 39.1. The van der Waals surface area contributed by atoms with Crippen molar-refractivity contribution in [2.75, 3.05) is 13.2 Å². The van der Waals surface area contributed by atoms with Gasteiger partial charge in [0, 0.05) is 11.1 Å². The number of fused-ring (bicyclic) bond motifs is 3. The first-order valence-corrected chi connectivity index (χ1v) is 10.9. The van der Waals surface area contributed by atoms with Crippen LogP contribution < -0.4 is 4.74 Å². The molecule has 1 unspecified atom stereocenters. The smallest absolute Gasteiger partial charge is 0.430 e. The Bertz CT molecular complexity index is 909. The minimum atomic E-state index is -1.25. The minimum absolute atomic E-state index is 0.0874. The number of hydrogen-bond donors (Lipinski definition) is 0. The topological polar surface area (TPSA) is 94.6 Å². The van der Waals surface area contributed by atoms with Crippen molar-refractivity contribution in [3.8, 4) is 5.75 Å². The number of esters is 1. The normalized spacial score (nSPS) is 17.7. The zero-order valence-corrected chi connectivity index (χ0v) is 19.1. The third-order valence-electron chi connectivity index (χ3n) is 4.83. The lowest BCUT2D eigenvalue weighted by atomic mass is 9.92. The largest absolute Gasteiger partial charge is 0.496 e. The van der Waals surface area contributed by atoms with E-state index in [1.54, 1.807) is 45.9 Å². The van der Waals surface area contributed by atoms with Crippen molar-refractivity contribution in [3.63, 3.8) is 0 Å². The summed E-state index contributed by atoms with van der Waals surface area (Å²) in [5, 5.41) is 2.03. The third-order valence-corrected chi connectivity index (χ3v) is 4.83. The van der Waals surface area contributed by atoms with Gasteiger partial charge in [0.05, 0.1) is 18.8 Å². The van der Waals surface area contributed by atoms with Crippen molar-refractivity contribution in [1.82, 2.24) is 10.0 Å². The number of unbranched alkanes of at least 4 members (excludes halogenated alkanes) is 1. The van der Waals surface area contributed by atoms with Crippen LogP contribution in [0.3, 0.4) is 0 Å². The predicted molar refractivity (Wildman–Crippen MR) is 115 cm³/mol. The summed E-state index contributed by atoms with van der Waals surface area (Å²) >= 11 is 0. The van der Waals surface area contributed by atoms with Crippen LogP contribution in [0.5, 0.6) is 5.75 Å². The van der Waals surface area contributed by atoms with Gasteiger partial charge >= 0.3 is 18.2 Å². The Labute approximate surface area is 187 Å². The zero-order valence-electron chi connectivity index (χ0n) is 19.1. The fraction of sp³-hybridized carbons (Fsp3) is 0.522. The van der Waals surface area contributed by atoms with Crippen molar-refractivity contribution in [1.29, 1.82) is 0 Å². The summed E-state index contributed by atoms with van der Waals surface area (Å²) < 4.78 is 22.3. The molecular weight excluding hydrogens is 416 g/mol. The zero-order chi connectivity index (χ0) is 23.4. The quantitative estimate of drug-likeness (QED) is 0.368. The summed E-state index contributed by atoms with van der Waals surface area (Å²) in [6.45, 7) is 9.12. The van der Waals surface area contributed by atoms with Gasteiger partial charge in [-0.2, -0.15) is 5.01 Å². The van der Waals surface area contributed by atoms with E-state index in [2.05, 4.69) is 0 Å². The predicted octanol–water partition coefficient (Wildman–Crippen LogP) is 4.12. The number of hydrazine groups is 1. The molecule has 2 amide bonds. The first-order valence-electron chi connectivity index (χ1n) is 10.9. The maximum absolute atomic E-state index is 13.1. The van der Waals surface area contributed by atoms with Gasteiger partial charge in [0.2, 0.25) is 0 Å². The van der Waals surface area contributed by atoms with E-state index in [1.165, 1.54) is 0 Å². The molecule has 32 heavy (non-hydrogen) atoms. The molecule has 2 aliphatic rings. The highest BCUT2D eigenvalue weighted by molar-refractivity contribution is 6.02. The van der Waals surface area contributed by atoms with E-state index in [-0.39, 0.29) is 6.54 Å². The lowest BCUT2D eigenvalue weighted by Gasteiger charge is -2.44. The second kappa shape index (κ2) is 9.93. The van der Waals surface area contributed by atoms with Crippen molar-refractivity contribution in [3.05, 3.63) is 35.6 Å². The first kappa shape index (κ1) is 23.4. The van der Waals surface area contributed by atoms with Crippen LogP contribution in [0.25, 0.3) is 5.57 Å². The number of carbonyl (C=O) groups excluding carboxylic acids is 3. The fourth-order valence-electron chi connectivity index (χ4n) is 3.51. The van der Waals surface area contributed by atoms with Gasteiger partial charge in [-0.05, 0) is 40.2 Å². The molecule has 0 radical (unpaired) electrons. The Morgan fingerprint density at radius 1 is 1.09 bits per heavy atom. The number of amides is 2. The van der Waals surface area contributed by atoms with Crippen LogP contribution in [0, 0.1) is 0 Å². The van der Waals surface area contributed by atoms with Crippen LogP contribution in [0.4, 0.5) is 9.59 Å². The molecule has 0 saturated carbocycles. The average Bonchev–Trinajstić information content (AvgIpc) is 2.72. The van der Waals surface area contributed by atoms with Crippen molar-refractivity contribution in [2.45, 2.75) is 65.7 Å². The van der Waals surface area contributed by atoms with Crippen LogP contribution in [0.1, 0.15) is 53.0 Å². The van der Waals surface area contributed by atoms with Crippen molar-refractivity contribution < 1.29 is 33.3 Å². The monoisotopic (exact) mass is 446 g/mol. The van der Waals surface area contributed by atoms with E-state index in [4.69, 9.17) is 18.9 Å². The van der Waals surface area contributed by atoms with Crippen LogP contribution in [-0.4, -0.2) is 59.6 Å². The molecular formula is C23H30N2O7. The summed E-state index contributed by atoms with van der Waals surface area (Å²) in [5.74, 6) is 0.0793. The Kier molecular flexibility index (Phi) is 7.27. The van der Waals surface area contributed by atoms with E-state index in [0.717, 1.165) is 22.9 Å². The number of nitrogens with zero attached hydrogens (tertiary/aromatic N) is 2. The average molecular weight is 447 g/mol. The first-order chi connectivity index (χ1) is 15.2. The Hall–Kier alpha value is -3.23. The molecule has 0 N–H and O–H groups in total. The van der Waals surface area contributed by atoms with Crippen molar-refractivity contribution >= 4 is 23.7 Å². The molecule has 0 spiro atoms. The lowest BCUT2D eigenvalue weighted by Crippen LogP contribution is -2.62. The van der Waals surface area contributed by atoms with E-state index in [1.807, 2.05) is 13.0 Å². The standard InChI is InChI=1S/C23H30N2O7/c1-6-7-12-29-18-13-24(22(27)30-14(2)3)25(23(28)31-15(4)5)20-19(18)16-10-8-9-11-17(16)32-21(20)26/h8-11,14-15,20H,6-7,12-13H2,1-5H3. The van der Waals surface area contributed by atoms with Gasteiger partial charge in [-0.3, -0.25) is 0 Å². The van der Waals surface area contributed by atoms with E-state index >= 15 is 0 Å². The number of ether oxygens (including phenoxy) is 4. The molecule has 0 bridgehead atoms. The highest BCUT2D eigenvalue weighted by Crippen LogP contribution is 2.41. The Morgan fingerprint density at radius 2 is 1.75 bits per heavy atom. The SMILES string of the molecule is CCCCOC1=C2c3ccccc3OC(=O)C2N(C(=O)OC(C)C)N(C(=O)OC(C)C)C1. The second-order valence-electron chi connectivity index (χ2n) is 8.13. The number of rotatable bonds is 6. The van der Waals surface area contributed by atoms with Crippen LogP contribution >= 0.6 is 0 Å². The summed E-state index contributed by atoms with van der Waals surface area (Å²) in [7, 11) is 0. The Morgan fingerprint density at radius 3 is 2.41 bits per heavy atom. The van der Waals surface area contributed by atoms with E-state index in [9.17, 15) is 14.4 Å². The highest BCUT2D eigenvalue weighted by Gasteiger charge is 2.50. The summed E-state index contributed by atoms with van der Waals surface area (Å²) in [6.07, 6.45) is -0.832.